The lowest BCUT2D eigenvalue weighted by atomic mass is 9.96. The lowest BCUT2D eigenvalue weighted by Crippen LogP contribution is -2.35. The summed E-state index contributed by atoms with van der Waals surface area (Å²) in [6, 6.07) is 10.1. The van der Waals surface area contributed by atoms with E-state index in [1.165, 1.54) is 19.2 Å². The summed E-state index contributed by atoms with van der Waals surface area (Å²) in [5.74, 6) is -0.851. The van der Waals surface area contributed by atoms with Crippen LogP contribution >= 0.6 is 0 Å². The average Bonchev–Trinajstić information content (AvgIpc) is 2.64. The summed E-state index contributed by atoms with van der Waals surface area (Å²) in [6.45, 7) is 0. The highest BCUT2D eigenvalue weighted by Gasteiger charge is 2.21. The maximum Gasteiger partial charge on any atom is 0.246 e. The van der Waals surface area contributed by atoms with Gasteiger partial charge in [-0.15, -0.1) is 0 Å². The molecule has 1 atom stereocenters. The maximum atomic E-state index is 14.0. The molecule has 6 nitrogen and oxygen atoms in total. The molecular formula is C18H19FN4O2. The van der Waals surface area contributed by atoms with Gasteiger partial charge in [0.1, 0.15) is 11.9 Å². The van der Waals surface area contributed by atoms with Crippen LogP contribution in [-0.4, -0.2) is 32.1 Å². The van der Waals surface area contributed by atoms with Crippen LogP contribution < -0.4 is 16.0 Å². The van der Waals surface area contributed by atoms with Crippen molar-refractivity contribution >= 4 is 23.7 Å². The van der Waals surface area contributed by atoms with E-state index >= 15 is 0 Å². The van der Waals surface area contributed by atoms with Gasteiger partial charge < -0.3 is 16.0 Å². The first-order valence-corrected chi connectivity index (χ1v) is 7.60. The van der Waals surface area contributed by atoms with E-state index in [2.05, 4.69) is 16.0 Å². The minimum Gasteiger partial charge on any atom is -0.388 e. The number of hydrogen-bond donors (Lipinski definition) is 4. The predicted octanol–water partition coefficient (Wildman–Crippen LogP) is 1.82. The number of likely N-dealkylation sites (N-methyl/N-ethyl adjacent to an activating group) is 1. The summed E-state index contributed by atoms with van der Waals surface area (Å²) in [4.78, 5) is 22.7. The molecule has 130 valence electrons. The van der Waals surface area contributed by atoms with Gasteiger partial charge in [-0.25, -0.2) is 4.39 Å². The van der Waals surface area contributed by atoms with Gasteiger partial charge in [0.2, 0.25) is 12.3 Å². The Morgan fingerprint density at radius 1 is 1.16 bits per heavy atom. The second-order valence-electron chi connectivity index (χ2n) is 5.24. The molecule has 2 aromatic carbocycles. The number of anilines is 1. The van der Waals surface area contributed by atoms with Gasteiger partial charge in [-0.1, -0.05) is 24.3 Å². The molecule has 0 aromatic heterocycles. The number of amides is 2. The first-order chi connectivity index (χ1) is 12.0. The molecule has 4 N–H and O–H groups in total. The van der Waals surface area contributed by atoms with E-state index in [0.717, 1.165) is 0 Å². The zero-order chi connectivity index (χ0) is 18.4. The van der Waals surface area contributed by atoms with E-state index in [1.54, 1.807) is 37.4 Å². The fourth-order valence-corrected chi connectivity index (χ4v) is 2.51. The van der Waals surface area contributed by atoms with Crippen molar-refractivity contribution in [2.45, 2.75) is 6.04 Å². The number of rotatable bonds is 7. The number of nitrogens with one attached hydrogen (secondary N) is 4. The minimum absolute atomic E-state index is 0.0221. The Morgan fingerprint density at radius 3 is 2.48 bits per heavy atom. The quantitative estimate of drug-likeness (QED) is 0.457. The van der Waals surface area contributed by atoms with Gasteiger partial charge in [0.25, 0.3) is 0 Å². The molecule has 2 aromatic rings. The lowest BCUT2D eigenvalue weighted by Gasteiger charge is -2.18. The van der Waals surface area contributed by atoms with Crippen molar-refractivity contribution < 1.29 is 14.0 Å². The van der Waals surface area contributed by atoms with Crippen LogP contribution in [0.2, 0.25) is 0 Å². The SMILES string of the molecule is CNC(=O)C(NC=O)c1ccc(C(=N)c2ccccc2F)c(NC)c1. The van der Waals surface area contributed by atoms with Gasteiger partial charge in [-0.05, 0) is 23.8 Å². The second-order valence-corrected chi connectivity index (χ2v) is 5.24. The highest BCUT2D eigenvalue weighted by atomic mass is 19.1. The topological polar surface area (TPSA) is 94.1 Å². The van der Waals surface area contributed by atoms with Crippen LogP contribution in [0, 0.1) is 11.2 Å². The molecule has 0 heterocycles. The van der Waals surface area contributed by atoms with Crippen molar-refractivity contribution in [1.29, 1.82) is 5.41 Å². The van der Waals surface area contributed by atoms with E-state index in [1.807, 2.05) is 0 Å². The van der Waals surface area contributed by atoms with Crippen molar-refractivity contribution in [2.24, 2.45) is 0 Å². The van der Waals surface area contributed by atoms with Crippen LogP contribution in [-0.2, 0) is 9.59 Å². The average molecular weight is 342 g/mol. The van der Waals surface area contributed by atoms with Crippen LogP contribution in [0.5, 0.6) is 0 Å². The Bertz CT molecular complexity index is 807. The van der Waals surface area contributed by atoms with Crippen molar-refractivity contribution in [3.8, 4) is 0 Å². The number of benzene rings is 2. The first kappa shape index (κ1) is 18.1. The molecular weight excluding hydrogens is 323 g/mol. The van der Waals surface area contributed by atoms with E-state index in [-0.39, 0.29) is 17.2 Å². The molecule has 2 rings (SSSR count). The molecule has 0 radical (unpaired) electrons. The molecule has 0 aliphatic heterocycles. The van der Waals surface area contributed by atoms with Crippen LogP contribution in [0.15, 0.2) is 42.5 Å². The van der Waals surface area contributed by atoms with Gasteiger partial charge in [0, 0.05) is 30.9 Å². The molecule has 2 amide bonds. The molecule has 0 saturated heterocycles. The number of hydrogen-bond acceptors (Lipinski definition) is 4. The first-order valence-electron chi connectivity index (χ1n) is 7.60. The van der Waals surface area contributed by atoms with Crippen LogP contribution in [0.3, 0.4) is 0 Å². The Balaban J connectivity index is 2.46. The zero-order valence-electron chi connectivity index (χ0n) is 13.9. The van der Waals surface area contributed by atoms with Crippen molar-refractivity contribution in [2.75, 3.05) is 19.4 Å². The summed E-state index contributed by atoms with van der Waals surface area (Å²) in [7, 11) is 3.14. The molecule has 25 heavy (non-hydrogen) atoms. The Labute approximate surface area is 145 Å². The van der Waals surface area contributed by atoms with E-state index in [9.17, 15) is 14.0 Å². The predicted molar refractivity (Wildman–Crippen MR) is 94.3 cm³/mol. The third-order valence-electron chi connectivity index (χ3n) is 3.80. The summed E-state index contributed by atoms with van der Waals surface area (Å²) >= 11 is 0. The normalized spacial score (nSPS) is 11.3. The van der Waals surface area contributed by atoms with Crippen LogP contribution in [0.4, 0.5) is 10.1 Å². The highest BCUT2D eigenvalue weighted by Crippen LogP contribution is 2.25. The zero-order valence-corrected chi connectivity index (χ0v) is 13.9. The maximum absolute atomic E-state index is 14.0. The molecule has 1 unspecified atom stereocenters. The molecule has 0 fully saturated rings. The summed E-state index contributed by atoms with van der Waals surface area (Å²) in [5.41, 5.74) is 1.78. The van der Waals surface area contributed by atoms with Crippen molar-refractivity contribution in [1.82, 2.24) is 10.6 Å². The standard InChI is InChI=1S/C18H19FN4O2/c1-21-15-9-11(17(23-10-24)18(25)22-2)7-8-13(15)16(20)12-5-3-4-6-14(12)19/h3-10,17,20-21H,1-2H3,(H,22,25)(H,23,24). The van der Waals surface area contributed by atoms with E-state index < -0.39 is 11.9 Å². The molecule has 0 aliphatic carbocycles. The third kappa shape index (κ3) is 3.82. The number of carbonyl (C=O) groups excluding carboxylic acids is 2. The Morgan fingerprint density at radius 2 is 1.88 bits per heavy atom. The van der Waals surface area contributed by atoms with Crippen LogP contribution in [0.25, 0.3) is 0 Å². The van der Waals surface area contributed by atoms with Crippen molar-refractivity contribution in [3.05, 3.63) is 65.0 Å². The molecule has 0 saturated carbocycles. The second kappa shape index (κ2) is 8.05. The molecule has 0 aliphatic rings. The molecule has 7 heteroatoms. The van der Waals surface area contributed by atoms with Gasteiger partial charge in [0.15, 0.2) is 0 Å². The minimum atomic E-state index is -0.855. The smallest absolute Gasteiger partial charge is 0.246 e. The molecule has 0 spiro atoms. The summed E-state index contributed by atoms with van der Waals surface area (Å²) < 4.78 is 14.0. The van der Waals surface area contributed by atoms with Crippen molar-refractivity contribution in [3.63, 3.8) is 0 Å². The van der Waals surface area contributed by atoms with E-state index in [4.69, 9.17) is 5.41 Å². The largest absolute Gasteiger partial charge is 0.388 e. The van der Waals surface area contributed by atoms with E-state index in [0.29, 0.717) is 23.2 Å². The fourth-order valence-electron chi connectivity index (χ4n) is 2.51. The summed E-state index contributed by atoms with van der Waals surface area (Å²) in [5, 5.41) is 16.2. The van der Waals surface area contributed by atoms with Gasteiger partial charge >= 0.3 is 0 Å². The Kier molecular flexibility index (Phi) is 5.84. The molecule has 0 bridgehead atoms. The fraction of sp³-hybridized carbons (Fsp3) is 0.167. The lowest BCUT2D eigenvalue weighted by molar-refractivity contribution is -0.125. The highest BCUT2D eigenvalue weighted by molar-refractivity contribution is 6.14. The Hall–Kier alpha value is -3.22. The third-order valence-corrected chi connectivity index (χ3v) is 3.80. The number of carbonyl (C=O) groups is 2. The van der Waals surface area contributed by atoms with Gasteiger partial charge in [-0.3, -0.25) is 15.0 Å². The van der Waals surface area contributed by atoms with Gasteiger partial charge in [0.05, 0.1) is 5.71 Å². The van der Waals surface area contributed by atoms with Gasteiger partial charge in [-0.2, -0.15) is 0 Å². The number of halogens is 1. The van der Waals surface area contributed by atoms with Crippen LogP contribution in [0.1, 0.15) is 22.7 Å². The monoisotopic (exact) mass is 342 g/mol. The summed E-state index contributed by atoms with van der Waals surface area (Å²) in [6.07, 6.45) is 0.453.